The zero-order valence-corrected chi connectivity index (χ0v) is 13.4. The Labute approximate surface area is 130 Å². The standard InChI is InChI=1S/C14H22N2O2S.ClH/c1-19-13-8-7-12(18-13)14(17)16-11(9-15)10-5-3-2-4-6-10;/h7-8,10-11H,2-6,9,15H2,1H3,(H,16,17);1H. The third kappa shape index (κ3) is 4.43. The number of hydrogen-bond donors (Lipinski definition) is 2. The molecule has 0 aromatic carbocycles. The van der Waals surface area contributed by atoms with Crippen LogP contribution in [0.15, 0.2) is 21.6 Å². The van der Waals surface area contributed by atoms with Crippen LogP contribution in [0.2, 0.25) is 0 Å². The van der Waals surface area contributed by atoms with Crippen molar-refractivity contribution in [2.75, 3.05) is 12.8 Å². The Balaban J connectivity index is 0.00000200. The van der Waals surface area contributed by atoms with Crippen molar-refractivity contribution < 1.29 is 9.21 Å². The zero-order valence-electron chi connectivity index (χ0n) is 11.8. The maximum atomic E-state index is 12.1. The normalized spacial score (nSPS) is 17.3. The van der Waals surface area contributed by atoms with Crippen LogP contribution in [0.4, 0.5) is 0 Å². The molecule has 1 aromatic rings. The van der Waals surface area contributed by atoms with E-state index in [2.05, 4.69) is 5.32 Å². The quantitative estimate of drug-likeness (QED) is 0.819. The van der Waals surface area contributed by atoms with Gasteiger partial charge in [-0.2, -0.15) is 0 Å². The highest BCUT2D eigenvalue weighted by molar-refractivity contribution is 7.98. The van der Waals surface area contributed by atoms with Crippen LogP contribution in [-0.2, 0) is 0 Å². The average Bonchev–Trinajstić information content (AvgIpc) is 2.94. The number of halogens is 1. The van der Waals surface area contributed by atoms with E-state index in [1.807, 2.05) is 12.3 Å². The summed E-state index contributed by atoms with van der Waals surface area (Å²) < 4.78 is 5.44. The van der Waals surface area contributed by atoms with Crippen molar-refractivity contribution in [2.45, 2.75) is 43.2 Å². The van der Waals surface area contributed by atoms with E-state index in [4.69, 9.17) is 10.2 Å². The molecule has 20 heavy (non-hydrogen) atoms. The topological polar surface area (TPSA) is 68.3 Å². The number of thioether (sulfide) groups is 1. The fourth-order valence-corrected chi connectivity index (χ4v) is 3.07. The first-order valence-corrected chi connectivity index (χ1v) is 8.12. The molecule has 1 heterocycles. The second-order valence-corrected chi connectivity index (χ2v) is 5.85. The first-order chi connectivity index (χ1) is 9.24. The third-order valence-electron chi connectivity index (χ3n) is 3.80. The van der Waals surface area contributed by atoms with Crippen LogP contribution in [0.25, 0.3) is 0 Å². The van der Waals surface area contributed by atoms with Crippen LogP contribution in [0.3, 0.4) is 0 Å². The number of amides is 1. The third-order valence-corrected chi connectivity index (χ3v) is 4.42. The maximum absolute atomic E-state index is 12.1. The fourth-order valence-electron chi connectivity index (χ4n) is 2.70. The second-order valence-electron chi connectivity index (χ2n) is 5.04. The van der Waals surface area contributed by atoms with E-state index in [0.717, 1.165) is 17.9 Å². The number of hydrogen-bond acceptors (Lipinski definition) is 4. The molecule has 1 saturated carbocycles. The van der Waals surface area contributed by atoms with Crippen molar-refractivity contribution in [3.63, 3.8) is 0 Å². The van der Waals surface area contributed by atoms with E-state index in [1.54, 1.807) is 6.07 Å². The van der Waals surface area contributed by atoms with Gasteiger partial charge in [-0.3, -0.25) is 4.79 Å². The molecule has 1 aliphatic rings. The molecular formula is C14H23ClN2O2S. The van der Waals surface area contributed by atoms with Crippen LogP contribution < -0.4 is 11.1 Å². The number of furan rings is 1. The molecule has 6 heteroatoms. The highest BCUT2D eigenvalue weighted by Crippen LogP contribution is 2.26. The first kappa shape index (κ1) is 17.4. The number of carbonyl (C=O) groups excluding carboxylic acids is 1. The van der Waals surface area contributed by atoms with Gasteiger partial charge in [0.2, 0.25) is 0 Å². The summed E-state index contributed by atoms with van der Waals surface area (Å²) in [4.78, 5) is 12.1. The maximum Gasteiger partial charge on any atom is 0.287 e. The van der Waals surface area contributed by atoms with Crippen molar-refractivity contribution in [1.29, 1.82) is 0 Å². The Kier molecular flexibility index (Phi) is 7.48. The summed E-state index contributed by atoms with van der Waals surface area (Å²) in [6, 6.07) is 3.60. The van der Waals surface area contributed by atoms with Crippen LogP contribution in [0, 0.1) is 5.92 Å². The van der Waals surface area contributed by atoms with Crippen LogP contribution in [-0.4, -0.2) is 24.7 Å². The molecule has 0 bridgehead atoms. The van der Waals surface area contributed by atoms with Gasteiger partial charge in [-0.1, -0.05) is 31.0 Å². The molecule has 4 nitrogen and oxygen atoms in total. The van der Waals surface area contributed by atoms with Gasteiger partial charge in [0.05, 0.1) is 0 Å². The van der Waals surface area contributed by atoms with Crippen LogP contribution in [0.5, 0.6) is 0 Å². The molecular weight excluding hydrogens is 296 g/mol. The molecule has 0 saturated heterocycles. The lowest BCUT2D eigenvalue weighted by molar-refractivity contribution is 0.0882. The number of nitrogens with two attached hydrogens (primary N) is 1. The van der Waals surface area contributed by atoms with Gasteiger partial charge in [-0.25, -0.2) is 0 Å². The van der Waals surface area contributed by atoms with E-state index in [-0.39, 0.29) is 24.4 Å². The molecule has 0 aliphatic heterocycles. The minimum Gasteiger partial charge on any atom is -0.445 e. The lowest BCUT2D eigenvalue weighted by atomic mass is 9.84. The predicted octanol–water partition coefficient (Wildman–Crippen LogP) is 3.06. The molecule has 1 atom stereocenters. The van der Waals surface area contributed by atoms with Gasteiger partial charge in [0.15, 0.2) is 10.9 Å². The van der Waals surface area contributed by atoms with Crippen LogP contribution in [0.1, 0.15) is 42.7 Å². The summed E-state index contributed by atoms with van der Waals surface area (Å²) in [5.74, 6) is 0.734. The smallest absolute Gasteiger partial charge is 0.287 e. The van der Waals surface area contributed by atoms with Crippen molar-refractivity contribution in [1.82, 2.24) is 5.32 Å². The minimum atomic E-state index is -0.152. The summed E-state index contributed by atoms with van der Waals surface area (Å²) in [7, 11) is 0. The highest BCUT2D eigenvalue weighted by Gasteiger charge is 2.25. The number of carbonyl (C=O) groups is 1. The summed E-state index contributed by atoms with van der Waals surface area (Å²) in [6.45, 7) is 0.493. The Morgan fingerprint density at radius 2 is 2.15 bits per heavy atom. The van der Waals surface area contributed by atoms with Gasteiger partial charge in [0, 0.05) is 12.6 Å². The number of rotatable bonds is 5. The lowest BCUT2D eigenvalue weighted by Gasteiger charge is -2.29. The van der Waals surface area contributed by atoms with E-state index >= 15 is 0 Å². The van der Waals surface area contributed by atoms with Gasteiger partial charge in [-0.05, 0) is 37.1 Å². The van der Waals surface area contributed by atoms with E-state index in [9.17, 15) is 4.79 Å². The predicted molar refractivity (Wildman–Crippen MR) is 84.6 cm³/mol. The van der Waals surface area contributed by atoms with Gasteiger partial charge >= 0.3 is 0 Å². The highest BCUT2D eigenvalue weighted by atomic mass is 35.5. The van der Waals surface area contributed by atoms with E-state index < -0.39 is 0 Å². The summed E-state index contributed by atoms with van der Waals surface area (Å²) in [6.07, 6.45) is 8.04. The van der Waals surface area contributed by atoms with Gasteiger partial charge in [0.25, 0.3) is 5.91 Å². The number of nitrogens with one attached hydrogen (secondary N) is 1. The second kappa shape index (κ2) is 8.60. The Morgan fingerprint density at radius 1 is 1.45 bits per heavy atom. The lowest BCUT2D eigenvalue weighted by Crippen LogP contribution is -2.45. The molecule has 1 amide bonds. The van der Waals surface area contributed by atoms with Crippen molar-refractivity contribution in [2.24, 2.45) is 11.7 Å². The summed E-state index contributed by atoms with van der Waals surface area (Å²) in [5.41, 5.74) is 5.81. The van der Waals surface area contributed by atoms with Gasteiger partial charge < -0.3 is 15.5 Å². The zero-order chi connectivity index (χ0) is 13.7. The first-order valence-electron chi connectivity index (χ1n) is 6.89. The molecule has 1 unspecified atom stereocenters. The molecule has 0 spiro atoms. The Bertz CT molecular complexity index is 419. The summed E-state index contributed by atoms with van der Waals surface area (Å²) >= 11 is 1.49. The van der Waals surface area contributed by atoms with Gasteiger partial charge in [0.1, 0.15) is 0 Å². The Hall–Kier alpha value is -0.650. The van der Waals surface area contributed by atoms with E-state index in [0.29, 0.717) is 18.2 Å². The van der Waals surface area contributed by atoms with E-state index in [1.165, 1.54) is 31.0 Å². The van der Waals surface area contributed by atoms with Crippen LogP contribution >= 0.6 is 24.2 Å². The van der Waals surface area contributed by atoms with Crippen molar-refractivity contribution in [3.8, 4) is 0 Å². The monoisotopic (exact) mass is 318 g/mol. The van der Waals surface area contributed by atoms with Gasteiger partial charge in [-0.15, -0.1) is 12.4 Å². The molecule has 114 valence electrons. The Morgan fingerprint density at radius 3 is 2.70 bits per heavy atom. The molecule has 0 radical (unpaired) electrons. The molecule has 1 aromatic heterocycles. The largest absolute Gasteiger partial charge is 0.445 e. The minimum absolute atomic E-state index is 0. The van der Waals surface area contributed by atoms with Crippen molar-refractivity contribution >= 4 is 30.1 Å². The molecule has 1 aliphatic carbocycles. The SMILES string of the molecule is CSc1ccc(C(=O)NC(CN)C2CCCCC2)o1.Cl. The summed E-state index contributed by atoms with van der Waals surface area (Å²) in [5, 5.41) is 3.78. The fraction of sp³-hybridized carbons (Fsp3) is 0.643. The van der Waals surface area contributed by atoms with Crippen molar-refractivity contribution in [3.05, 3.63) is 17.9 Å². The molecule has 2 rings (SSSR count). The molecule has 3 N–H and O–H groups in total. The molecule has 1 fully saturated rings. The average molecular weight is 319 g/mol.